The van der Waals surface area contributed by atoms with E-state index in [1.165, 1.54) is 12.8 Å². The Hall–Kier alpha value is -2.27. The normalized spacial score (nSPS) is 18.4. The Morgan fingerprint density at radius 3 is 2.36 bits per heavy atom. The lowest BCUT2D eigenvalue weighted by Gasteiger charge is -2.36. The Morgan fingerprint density at radius 2 is 1.64 bits per heavy atom. The van der Waals surface area contributed by atoms with Crippen LogP contribution in [-0.2, 0) is 0 Å². The molecule has 4 rings (SSSR count). The summed E-state index contributed by atoms with van der Waals surface area (Å²) in [6.45, 7) is 7.40. The van der Waals surface area contributed by atoms with Crippen molar-refractivity contribution in [1.82, 2.24) is 9.88 Å². The molecule has 2 aliphatic rings. The van der Waals surface area contributed by atoms with Crippen LogP contribution in [0.2, 0.25) is 5.02 Å². The van der Waals surface area contributed by atoms with Crippen molar-refractivity contribution in [3.63, 3.8) is 0 Å². The maximum Gasteiger partial charge on any atom is 0.272 e. The van der Waals surface area contributed by atoms with E-state index in [0.717, 1.165) is 48.5 Å². The van der Waals surface area contributed by atoms with Gasteiger partial charge in [0.15, 0.2) is 0 Å². The molecule has 0 atom stereocenters. The number of nitrogens with zero attached hydrogens (tertiary/aromatic N) is 4. The number of halogens is 1. The van der Waals surface area contributed by atoms with Gasteiger partial charge in [-0.05, 0) is 49.1 Å². The molecule has 2 aromatic rings. The third kappa shape index (κ3) is 4.25. The minimum absolute atomic E-state index is 0.0259. The van der Waals surface area contributed by atoms with E-state index < -0.39 is 0 Å². The van der Waals surface area contributed by atoms with Gasteiger partial charge in [-0.3, -0.25) is 9.78 Å². The first-order valence-corrected chi connectivity index (χ1v) is 10.5. The number of piperidine rings is 1. The molecule has 2 fully saturated rings. The van der Waals surface area contributed by atoms with E-state index in [0.29, 0.717) is 18.8 Å². The molecule has 28 heavy (non-hydrogen) atoms. The van der Waals surface area contributed by atoms with Crippen LogP contribution in [0.15, 0.2) is 42.6 Å². The molecule has 0 aliphatic carbocycles. The highest BCUT2D eigenvalue weighted by Gasteiger charge is 2.24. The third-order valence-electron chi connectivity index (χ3n) is 5.85. The first-order chi connectivity index (χ1) is 13.6. The first kappa shape index (κ1) is 19.1. The highest BCUT2D eigenvalue weighted by atomic mass is 35.5. The molecule has 0 unspecified atom stereocenters. The Labute approximate surface area is 171 Å². The average molecular weight is 399 g/mol. The van der Waals surface area contributed by atoms with Crippen LogP contribution < -0.4 is 9.80 Å². The van der Waals surface area contributed by atoms with Crippen molar-refractivity contribution in [3.8, 4) is 0 Å². The fourth-order valence-corrected chi connectivity index (χ4v) is 4.19. The van der Waals surface area contributed by atoms with Gasteiger partial charge < -0.3 is 14.7 Å². The topological polar surface area (TPSA) is 39.7 Å². The molecule has 148 valence electrons. The van der Waals surface area contributed by atoms with Gasteiger partial charge in [-0.2, -0.15) is 0 Å². The van der Waals surface area contributed by atoms with E-state index in [2.05, 4.69) is 27.8 Å². The number of amides is 1. The fourth-order valence-electron chi connectivity index (χ4n) is 4.00. The number of carbonyl (C=O) groups is 1. The number of benzene rings is 1. The molecule has 5 nitrogen and oxygen atoms in total. The van der Waals surface area contributed by atoms with Gasteiger partial charge in [0.05, 0.1) is 0 Å². The molecule has 0 N–H and O–H groups in total. The molecule has 2 aliphatic heterocycles. The SMILES string of the molecule is CC1CCN(c2ccnc(C(=O)N3CCN(c4cccc(Cl)c4)CC3)c2)CC1. The van der Waals surface area contributed by atoms with Crippen LogP contribution in [0.3, 0.4) is 0 Å². The Balaban J connectivity index is 1.39. The van der Waals surface area contributed by atoms with E-state index in [-0.39, 0.29) is 5.91 Å². The third-order valence-corrected chi connectivity index (χ3v) is 6.09. The van der Waals surface area contributed by atoms with E-state index in [9.17, 15) is 4.79 Å². The molecule has 2 saturated heterocycles. The van der Waals surface area contributed by atoms with Gasteiger partial charge in [0, 0.05) is 61.9 Å². The van der Waals surface area contributed by atoms with Gasteiger partial charge in [0.1, 0.15) is 5.69 Å². The van der Waals surface area contributed by atoms with Gasteiger partial charge in [0.2, 0.25) is 0 Å². The van der Waals surface area contributed by atoms with E-state index in [1.54, 1.807) is 6.20 Å². The van der Waals surface area contributed by atoms with Crippen LogP contribution >= 0.6 is 11.6 Å². The monoisotopic (exact) mass is 398 g/mol. The second kappa shape index (κ2) is 8.39. The van der Waals surface area contributed by atoms with Gasteiger partial charge in [-0.25, -0.2) is 0 Å². The predicted molar refractivity (Wildman–Crippen MR) is 114 cm³/mol. The number of pyridine rings is 1. The lowest BCUT2D eigenvalue weighted by molar-refractivity contribution is 0.0741. The first-order valence-electron chi connectivity index (χ1n) is 10.1. The molecule has 1 amide bonds. The average Bonchev–Trinajstić information content (AvgIpc) is 2.74. The van der Waals surface area contributed by atoms with Gasteiger partial charge in [-0.15, -0.1) is 0 Å². The number of hydrogen-bond acceptors (Lipinski definition) is 4. The smallest absolute Gasteiger partial charge is 0.272 e. The number of carbonyl (C=O) groups excluding carboxylic acids is 1. The lowest BCUT2D eigenvalue weighted by Crippen LogP contribution is -2.49. The molecule has 0 saturated carbocycles. The summed E-state index contributed by atoms with van der Waals surface area (Å²) in [5.74, 6) is 0.813. The van der Waals surface area contributed by atoms with Crippen LogP contribution in [0, 0.1) is 5.92 Å². The van der Waals surface area contributed by atoms with E-state index in [1.807, 2.05) is 35.2 Å². The predicted octanol–water partition coefficient (Wildman–Crippen LogP) is 3.93. The summed E-state index contributed by atoms with van der Waals surface area (Å²) in [4.78, 5) is 23.9. The van der Waals surface area contributed by atoms with Crippen molar-refractivity contribution < 1.29 is 4.79 Å². The molecular weight excluding hydrogens is 372 g/mol. The van der Waals surface area contributed by atoms with Crippen LogP contribution in [0.1, 0.15) is 30.3 Å². The van der Waals surface area contributed by atoms with E-state index >= 15 is 0 Å². The van der Waals surface area contributed by atoms with Crippen LogP contribution in [-0.4, -0.2) is 55.1 Å². The van der Waals surface area contributed by atoms with Gasteiger partial charge in [0.25, 0.3) is 5.91 Å². The van der Waals surface area contributed by atoms with Crippen LogP contribution in [0.5, 0.6) is 0 Å². The van der Waals surface area contributed by atoms with Crippen LogP contribution in [0.4, 0.5) is 11.4 Å². The molecule has 1 aromatic heterocycles. The van der Waals surface area contributed by atoms with Gasteiger partial charge in [-0.1, -0.05) is 24.6 Å². The Bertz CT molecular complexity index is 827. The van der Waals surface area contributed by atoms with E-state index in [4.69, 9.17) is 11.6 Å². The van der Waals surface area contributed by atoms with Crippen molar-refractivity contribution in [3.05, 3.63) is 53.3 Å². The number of hydrogen-bond donors (Lipinski definition) is 0. The molecule has 6 heteroatoms. The fraction of sp³-hybridized carbons (Fsp3) is 0.455. The van der Waals surface area contributed by atoms with Crippen molar-refractivity contribution >= 4 is 28.9 Å². The summed E-state index contributed by atoms with van der Waals surface area (Å²) in [5, 5.41) is 0.740. The Kier molecular flexibility index (Phi) is 5.72. The summed E-state index contributed by atoms with van der Waals surface area (Å²) in [7, 11) is 0. The standard InChI is InChI=1S/C22H27ClN4O/c1-17-6-9-25(10-7-17)20-5-8-24-21(16-20)22(28)27-13-11-26(12-14-27)19-4-2-3-18(23)15-19/h2-5,8,15-17H,6-7,9-14H2,1H3. The zero-order valence-electron chi connectivity index (χ0n) is 16.4. The number of rotatable bonds is 3. The quantitative estimate of drug-likeness (QED) is 0.785. The molecule has 0 bridgehead atoms. The summed E-state index contributed by atoms with van der Waals surface area (Å²) >= 11 is 6.11. The van der Waals surface area contributed by atoms with Crippen molar-refractivity contribution in [2.45, 2.75) is 19.8 Å². The zero-order valence-corrected chi connectivity index (χ0v) is 17.1. The number of aromatic nitrogens is 1. The highest BCUT2D eigenvalue weighted by molar-refractivity contribution is 6.30. The highest BCUT2D eigenvalue weighted by Crippen LogP contribution is 2.24. The maximum atomic E-state index is 13.0. The van der Waals surface area contributed by atoms with Crippen molar-refractivity contribution in [2.75, 3.05) is 49.1 Å². The number of piperazine rings is 1. The maximum absolute atomic E-state index is 13.0. The van der Waals surface area contributed by atoms with Crippen molar-refractivity contribution in [1.29, 1.82) is 0 Å². The molecule has 0 radical (unpaired) electrons. The largest absolute Gasteiger partial charge is 0.371 e. The molecular formula is C22H27ClN4O. The summed E-state index contributed by atoms with van der Waals surface area (Å²) in [6, 6.07) is 11.9. The van der Waals surface area contributed by atoms with Crippen LogP contribution in [0.25, 0.3) is 0 Å². The number of anilines is 2. The summed E-state index contributed by atoms with van der Waals surface area (Å²) in [6.07, 6.45) is 4.18. The second-order valence-corrected chi connectivity index (χ2v) is 8.26. The summed E-state index contributed by atoms with van der Waals surface area (Å²) < 4.78 is 0. The minimum atomic E-state index is 0.0259. The van der Waals surface area contributed by atoms with Crippen molar-refractivity contribution in [2.24, 2.45) is 5.92 Å². The van der Waals surface area contributed by atoms with Gasteiger partial charge >= 0.3 is 0 Å². The summed E-state index contributed by atoms with van der Waals surface area (Å²) in [5.41, 5.74) is 2.77. The lowest BCUT2D eigenvalue weighted by atomic mass is 9.99. The molecule has 0 spiro atoms. The minimum Gasteiger partial charge on any atom is -0.371 e. The second-order valence-electron chi connectivity index (χ2n) is 7.83. The molecule has 3 heterocycles. The Morgan fingerprint density at radius 1 is 0.964 bits per heavy atom. The molecule has 1 aromatic carbocycles. The zero-order chi connectivity index (χ0) is 19.5.